The first-order valence-corrected chi connectivity index (χ1v) is 10.4. The molecule has 0 bridgehead atoms. The second-order valence-corrected chi connectivity index (χ2v) is 7.57. The first-order chi connectivity index (χ1) is 15.1. The van der Waals surface area contributed by atoms with Crippen molar-refractivity contribution in [2.24, 2.45) is 5.92 Å². The highest BCUT2D eigenvalue weighted by atomic mass is 16.5. The Morgan fingerprint density at radius 2 is 1.74 bits per heavy atom. The van der Waals surface area contributed by atoms with Crippen LogP contribution in [-0.4, -0.2) is 64.3 Å². The zero-order valence-electron chi connectivity index (χ0n) is 18.3. The summed E-state index contributed by atoms with van der Waals surface area (Å²) in [6.07, 6.45) is 0.745. The monoisotopic (exact) mass is 426 g/mol. The van der Waals surface area contributed by atoms with E-state index in [1.54, 1.807) is 50.5 Å². The van der Waals surface area contributed by atoms with Crippen molar-refractivity contribution in [1.82, 2.24) is 10.2 Å². The van der Waals surface area contributed by atoms with E-state index >= 15 is 0 Å². The van der Waals surface area contributed by atoms with Gasteiger partial charge in [0.15, 0.2) is 0 Å². The van der Waals surface area contributed by atoms with Crippen molar-refractivity contribution in [1.29, 1.82) is 0 Å². The average Bonchev–Trinajstić information content (AvgIpc) is 3.27. The van der Waals surface area contributed by atoms with Crippen LogP contribution in [0.2, 0.25) is 0 Å². The fraction of sp³-hybridized carbons (Fsp3) is 0.417. The second-order valence-electron chi connectivity index (χ2n) is 7.57. The molecule has 0 aromatic heterocycles. The smallest absolute Gasteiger partial charge is 0.254 e. The number of hydrogen-bond donors (Lipinski definition) is 1. The zero-order valence-corrected chi connectivity index (χ0v) is 18.3. The Balaban J connectivity index is 1.79. The van der Waals surface area contributed by atoms with Crippen LogP contribution in [0.15, 0.2) is 48.5 Å². The number of amides is 2. The zero-order chi connectivity index (χ0) is 22.2. The van der Waals surface area contributed by atoms with E-state index in [4.69, 9.17) is 14.2 Å². The van der Waals surface area contributed by atoms with Crippen LogP contribution in [0.3, 0.4) is 0 Å². The molecule has 2 aromatic rings. The molecule has 31 heavy (non-hydrogen) atoms. The minimum atomic E-state index is -0.328. The van der Waals surface area contributed by atoms with Crippen molar-refractivity contribution in [3.63, 3.8) is 0 Å². The van der Waals surface area contributed by atoms with Gasteiger partial charge in [0, 0.05) is 44.8 Å². The van der Waals surface area contributed by atoms with E-state index in [-0.39, 0.29) is 23.7 Å². The Hall–Kier alpha value is -3.06. The number of nitrogens with one attached hydrogen (secondary N) is 1. The molecule has 166 valence electrons. The Morgan fingerprint density at radius 1 is 1.00 bits per heavy atom. The van der Waals surface area contributed by atoms with Gasteiger partial charge in [0.2, 0.25) is 5.91 Å². The van der Waals surface area contributed by atoms with Crippen molar-refractivity contribution in [2.45, 2.75) is 12.3 Å². The molecule has 0 saturated carbocycles. The van der Waals surface area contributed by atoms with Crippen molar-refractivity contribution < 1.29 is 23.8 Å². The molecule has 0 spiro atoms. The topological polar surface area (TPSA) is 77.1 Å². The second kappa shape index (κ2) is 10.8. The molecule has 1 fully saturated rings. The highest BCUT2D eigenvalue weighted by Crippen LogP contribution is 2.34. The van der Waals surface area contributed by atoms with Gasteiger partial charge in [0.05, 0.1) is 20.1 Å². The SMILES string of the molecule is COCCCNC(=O)C1CN(C(=O)c2cccc(OC)c2)CC1c1ccc(OC)cc1. The summed E-state index contributed by atoms with van der Waals surface area (Å²) in [7, 11) is 4.83. The predicted molar refractivity (Wildman–Crippen MR) is 118 cm³/mol. The van der Waals surface area contributed by atoms with Gasteiger partial charge in [-0.1, -0.05) is 18.2 Å². The van der Waals surface area contributed by atoms with Crippen LogP contribution >= 0.6 is 0 Å². The summed E-state index contributed by atoms with van der Waals surface area (Å²) in [6, 6.07) is 14.8. The maximum Gasteiger partial charge on any atom is 0.254 e. The van der Waals surface area contributed by atoms with Crippen LogP contribution in [0.4, 0.5) is 0 Å². The lowest BCUT2D eigenvalue weighted by Gasteiger charge is -2.18. The number of hydrogen-bond acceptors (Lipinski definition) is 5. The fourth-order valence-electron chi connectivity index (χ4n) is 3.92. The molecule has 2 aromatic carbocycles. The van der Waals surface area contributed by atoms with Crippen LogP contribution in [-0.2, 0) is 9.53 Å². The highest BCUT2D eigenvalue weighted by Gasteiger charge is 2.40. The number of likely N-dealkylation sites (tertiary alicyclic amines) is 1. The highest BCUT2D eigenvalue weighted by molar-refractivity contribution is 5.95. The van der Waals surface area contributed by atoms with Gasteiger partial charge in [0.1, 0.15) is 11.5 Å². The number of carbonyl (C=O) groups is 2. The van der Waals surface area contributed by atoms with E-state index in [0.29, 0.717) is 37.6 Å². The van der Waals surface area contributed by atoms with E-state index in [2.05, 4.69) is 5.32 Å². The van der Waals surface area contributed by atoms with Crippen molar-refractivity contribution >= 4 is 11.8 Å². The summed E-state index contributed by atoms with van der Waals surface area (Å²) >= 11 is 0. The lowest BCUT2D eigenvalue weighted by Crippen LogP contribution is -2.36. The minimum absolute atomic E-state index is 0.0436. The third-order valence-corrected chi connectivity index (χ3v) is 5.63. The quantitative estimate of drug-likeness (QED) is 0.624. The number of benzene rings is 2. The third kappa shape index (κ3) is 5.55. The fourth-order valence-corrected chi connectivity index (χ4v) is 3.92. The molecule has 0 aliphatic carbocycles. The van der Waals surface area contributed by atoms with Gasteiger partial charge in [-0.25, -0.2) is 0 Å². The van der Waals surface area contributed by atoms with Crippen molar-refractivity contribution in [3.05, 3.63) is 59.7 Å². The molecule has 3 rings (SSSR count). The van der Waals surface area contributed by atoms with Crippen molar-refractivity contribution in [3.8, 4) is 11.5 Å². The van der Waals surface area contributed by atoms with E-state index in [1.807, 2.05) is 24.3 Å². The summed E-state index contributed by atoms with van der Waals surface area (Å²) in [4.78, 5) is 27.9. The van der Waals surface area contributed by atoms with Gasteiger partial charge in [-0.2, -0.15) is 0 Å². The Morgan fingerprint density at radius 3 is 2.42 bits per heavy atom. The van der Waals surface area contributed by atoms with E-state index < -0.39 is 0 Å². The Labute approximate surface area is 183 Å². The van der Waals surface area contributed by atoms with Crippen molar-refractivity contribution in [2.75, 3.05) is 47.6 Å². The van der Waals surface area contributed by atoms with Gasteiger partial charge >= 0.3 is 0 Å². The van der Waals surface area contributed by atoms with Crippen LogP contribution < -0.4 is 14.8 Å². The average molecular weight is 427 g/mol. The first kappa shape index (κ1) is 22.6. The number of nitrogens with zero attached hydrogens (tertiary/aromatic N) is 1. The van der Waals surface area contributed by atoms with Crippen LogP contribution in [0.5, 0.6) is 11.5 Å². The lowest BCUT2D eigenvalue weighted by atomic mass is 9.88. The largest absolute Gasteiger partial charge is 0.497 e. The normalized spacial score (nSPS) is 18.0. The summed E-state index contributed by atoms with van der Waals surface area (Å²) in [5, 5.41) is 3.00. The standard InChI is InChI=1S/C24H30N2O5/c1-29-13-5-12-25-23(27)22-16-26(24(28)18-6-4-7-20(14-18)31-3)15-21(22)17-8-10-19(30-2)11-9-17/h4,6-11,14,21-22H,5,12-13,15-16H2,1-3H3,(H,25,27). The van der Waals surface area contributed by atoms with Crippen LogP contribution in [0, 0.1) is 5.92 Å². The van der Waals surface area contributed by atoms with E-state index in [9.17, 15) is 9.59 Å². The first-order valence-electron chi connectivity index (χ1n) is 10.4. The summed E-state index contributed by atoms with van der Waals surface area (Å²) in [5.41, 5.74) is 1.56. The van der Waals surface area contributed by atoms with Gasteiger partial charge < -0.3 is 24.4 Å². The lowest BCUT2D eigenvalue weighted by molar-refractivity contribution is -0.124. The molecule has 2 amide bonds. The van der Waals surface area contributed by atoms with E-state index in [0.717, 1.165) is 17.7 Å². The third-order valence-electron chi connectivity index (χ3n) is 5.63. The Kier molecular flexibility index (Phi) is 7.89. The summed E-state index contributed by atoms with van der Waals surface area (Å²) < 4.78 is 15.6. The molecule has 7 nitrogen and oxygen atoms in total. The summed E-state index contributed by atoms with van der Waals surface area (Å²) in [6.45, 7) is 1.97. The Bertz CT molecular complexity index is 884. The summed E-state index contributed by atoms with van der Waals surface area (Å²) in [5.74, 6) is 0.814. The molecular weight excluding hydrogens is 396 g/mol. The van der Waals surface area contributed by atoms with Crippen LogP contribution in [0.1, 0.15) is 28.3 Å². The molecule has 0 radical (unpaired) electrons. The van der Waals surface area contributed by atoms with E-state index in [1.165, 1.54) is 0 Å². The number of methoxy groups -OCH3 is 3. The molecule has 1 saturated heterocycles. The number of ether oxygens (including phenoxy) is 3. The molecule has 1 N–H and O–H groups in total. The van der Waals surface area contributed by atoms with Gasteiger partial charge in [-0.15, -0.1) is 0 Å². The molecular formula is C24H30N2O5. The molecule has 7 heteroatoms. The molecule has 1 heterocycles. The predicted octanol–water partition coefficient (Wildman–Crippen LogP) is 2.71. The molecule has 1 aliphatic rings. The van der Waals surface area contributed by atoms with Gasteiger partial charge in [-0.05, 0) is 42.3 Å². The van der Waals surface area contributed by atoms with Gasteiger partial charge in [0.25, 0.3) is 5.91 Å². The maximum atomic E-state index is 13.2. The van der Waals surface area contributed by atoms with Crippen LogP contribution in [0.25, 0.3) is 0 Å². The molecule has 2 unspecified atom stereocenters. The molecule has 2 atom stereocenters. The maximum absolute atomic E-state index is 13.2. The molecule has 1 aliphatic heterocycles. The minimum Gasteiger partial charge on any atom is -0.497 e. The van der Waals surface area contributed by atoms with Gasteiger partial charge in [-0.3, -0.25) is 9.59 Å². The number of rotatable bonds is 9. The number of carbonyl (C=O) groups excluding carboxylic acids is 2.